The molecule has 24 heteroatoms. The van der Waals surface area contributed by atoms with Crippen molar-refractivity contribution in [3.63, 3.8) is 0 Å². The summed E-state index contributed by atoms with van der Waals surface area (Å²) in [5, 5.41) is 34.8. The molecule has 1 aliphatic heterocycles. The minimum atomic E-state index is -1.92. The molecule has 0 radical (unpaired) electrons. The summed E-state index contributed by atoms with van der Waals surface area (Å²) in [6.07, 6.45) is 4.64. The van der Waals surface area contributed by atoms with Crippen molar-refractivity contribution >= 4 is 70.0 Å². The van der Waals surface area contributed by atoms with Crippen molar-refractivity contribution in [1.29, 1.82) is 0 Å². The van der Waals surface area contributed by atoms with Gasteiger partial charge in [0.15, 0.2) is 5.96 Å². The highest BCUT2D eigenvalue weighted by Crippen LogP contribution is 2.18. The van der Waals surface area contributed by atoms with Crippen LogP contribution in [0.4, 0.5) is 0 Å². The van der Waals surface area contributed by atoms with Gasteiger partial charge >= 0.3 is 11.9 Å². The highest BCUT2D eigenvalue weighted by molar-refractivity contribution is 7.84. The van der Waals surface area contributed by atoms with E-state index in [1.807, 2.05) is 43.3 Å². The van der Waals surface area contributed by atoms with Gasteiger partial charge in [-0.15, -0.1) is 0 Å². The molecule has 1 aliphatic rings. The quantitative estimate of drug-likeness (QED) is 0.0315. The highest BCUT2D eigenvalue weighted by atomic mass is 32.2. The number of likely N-dealkylation sites (N-methyl/N-ethyl adjacent to an activating group) is 1. The van der Waals surface area contributed by atoms with Crippen molar-refractivity contribution in [3.8, 4) is 0 Å². The van der Waals surface area contributed by atoms with Crippen molar-refractivity contribution in [2.24, 2.45) is 28.3 Å². The Kier molecular flexibility index (Phi) is 25.4. The largest absolute Gasteiger partial charge is 0.480 e. The molecule has 1 saturated heterocycles. The average molecular weight is 1020 g/mol. The normalized spacial score (nSPS) is 24.6. The number of hydrogen-bond acceptors (Lipinski definition) is 12. The molecule has 0 spiro atoms. The number of guanidine groups is 1. The molecule has 0 saturated carbocycles. The zero-order valence-corrected chi connectivity index (χ0v) is 42.0. The second kappa shape index (κ2) is 29.9. The standard InChI is InChI=1S/C47H70N10O13S/c1-26(23-27(2)37(70-7)24-31-13-10-9-11-14-31)16-17-32-28(3)40(60)55-35(45(65)66)18-19-39(59)57(6)30(5)42(62)51-29(4)41(61)54-34(20-22-71(8)69)44(64)56-36(46(67)68)25-38(58)52-33(43(63)53-32)15-12-21-50-47(48)49/h9-11,13-14,16-17,23,27-29,32-37H,5,12,15,18-22,24-25H2,1-4,6-8H3,(H,51,62)(H,52,58)(H,53,63)(H,54,61)(H,55,60)(H,56,64)(H,65,66)(H,67,68)(H4,48,49,50)/b17-16+,26-23+/t27-,28-,29+,32-,33-,34-,35+,36+,37-,71?/m0/s1. The lowest BCUT2D eigenvalue weighted by atomic mass is 9.94. The summed E-state index contributed by atoms with van der Waals surface area (Å²) in [5.74, 6) is -11.4. The number of carbonyl (C=O) groups excluding carboxylic acids is 7. The zero-order valence-electron chi connectivity index (χ0n) is 41.2. The molecular weight excluding hydrogens is 945 g/mol. The Hall–Kier alpha value is -6.95. The van der Waals surface area contributed by atoms with Crippen molar-refractivity contribution in [3.05, 3.63) is 72.0 Å². The van der Waals surface area contributed by atoms with Crippen molar-refractivity contribution in [1.82, 2.24) is 36.8 Å². The van der Waals surface area contributed by atoms with Gasteiger partial charge in [-0.25, -0.2) is 9.59 Å². The number of carboxylic acid groups (broad SMARTS) is 2. The first-order chi connectivity index (χ1) is 33.3. The molecule has 12 N–H and O–H groups in total. The van der Waals surface area contributed by atoms with Crippen molar-refractivity contribution in [2.45, 2.75) is 115 Å². The van der Waals surface area contributed by atoms with Gasteiger partial charge in [0.05, 0.1) is 24.5 Å². The second-order valence-electron chi connectivity index (χ2n) is 17.2. The summed E-state index contributed by atoms with van der Waals surface area (Å²) in [4.78, 5) is 125. The number of nitrogens with two attached hydrogens (primary N) is 2. The third-order valence-electron chi connectivity index (χ3n) is 11.5. The molecule has 71 heavy (non-hydrogen) atoms. The number of rotatable bonds is 16. The van der Waals surface area contributed by atoms with E-state index in [1.54, 1.807) is 20.1 Å². The minimum Gasteiger partial charge on any atom is -0.480 e. The summed E-state index contributed by atoms with van der Waals surface area (Å²) in [6.45, 7) is 10.0. The van der Waals surface area contributed by atoms with Crippen LogP contribution in [0.15, 0.2) is 71.4 Å². The Morgan fingerprint density at radius 3 is 2.10 bits per heavy atom. The van der Waals surface area contributed by atoms with E-state index >= 15 is 0 Å². The Bertz CT molecular complexity index is 2200. The first kappa shape index (κ1) is 60.2. The number of hydrogen-bond donors (Lipinski definition) is 10. The zero-order chi connectivity index (χ0) is 53.5. The Balaban J connectivity index is 2.69. The predicted octanol–water partition coefficient (Wildman–Crippen LogP) is -0.905. The van der Waals surface area contributed by atoms with Crippen LogP contribution in [0.2, 0.25) is 0 Å². The van der Waals surface area contributed by atoms with Gasteiger partial charge in [0.1, 0.15) is 35.9 Å². The number of methoxy groups -OCH3 is 1. The van der Waals surface area contributed by atoms with Gasteiger partial charge in [-0.1, -0.05) is 74.6 Å². The van der Waals surface area contributed by atoms with E-state index in [2.05, 4.69) is 43.5 Å². The molecule has 2 rings (SSSR count). The Morgan fingerprint density at radius 1 is 0.901 bits per heavy atom. The van der Waals surface area contributed by atoms with Gasteiger partial charge in [0.25, 0.3) is 5.91 Å². The SMILES string of the molecule is C=C1C(=O)N[C@H](C)C(=O)N[C@@H](CCS(C)=O)C(=O)N[C@@H](C(=O)O)CC(=O)N[C@@H](CCCN=C(N)N)C(=O)N[C@@H](/C=C/C(C)=C/[C@H](C)[C@H](Cc2ccccc2)OC)[C@H](C)C(=O)N[C@@H](C(=O)O)CCC(=O)N1C. The van der Waals surface area contributed by atoms with Crippen LogP contribution in [-0.4, -0.2) is 154 Å². The summed E-state index contributed by atoms with van der Waals surface area (Å²) in [7, 11) is 1.30. The van der Waals surface area contributed by atoms with Gasteiger partial charge in [-0.05, 0) is 51.5 Å². The molecule has 0 aromatic heterocycles. The van der Waals surface area contributed by atoms with Crippen LogP contribution in [0.25, 0.3) is 0 Å². The molecule has 1 aromatic rings. The molecule has 0 aliphatic carbocycles. The lowest BCUT2D eigenvalue weighted by Crippen LogP contribution is -2.57. The molecular formula is C47H70N10O13S. The van der Waals surface area contributed by atoms with E-state index in [0.29, 0.717) is 12.0 Å². The third-order valence-corrected chi connectivity index (χ3v) is 12.3. The molecule has 1 fully saturated rings. The predicted molar refractivity (Wildman–Crippen MR) is 264 cm³/mol. The van der Waals surface area contributed by atoms with Gasteiger partial charge in [-0.2, -0.15) is 0 Å². The molecule has 10 atom stereocenters. The maximum atomic E-state index is 14.3. The second-order valence-corrected chi connectivity index (χ2v) is 18.8. The number of nitrogens with zero attached hydrogens (tertiary/aromatic N) is 2. The number of nitrogens with one attached hydrogen (secondary N) is 6. The lowest BCUT2D eigenvalue weighted by molar-refractivity contribution is -0.144. The van der Waals surface area contributed by atoms with Crippen LogP contribution in [0.3, 0.4) is 0 Å². The van der Waals surface area contributed by atoms with Crippen LogP contribution >= 0.6 is 0 Å². The molecule has 0 bridgehead atoms. The highest BCUT2D eigenvalue weighted by Gasteiger charge is 2.34. The van der Waals surface area contributed by atoms with Crippen LogP contribution < -0.4 is 43.4 Å². The summed E-state index contributed by atoms with van der Waals surface area (Å²) < 4.78 is 17.8. The van der Waals surface area contributed by atoms with Gasteiger partial charge in [0, 0.05) is 55.8 Å². The van der Waals surface area contributed by atoms with E-state index in [9.17, 15) is 57.6 Å². The number of carbonyl (C=O) groups is 9. The maximum absolute atomic E-state index is 14.3. The molecule has 1 heterocycles. The number of allylic oxidation sites excluding steroid dienone is 2. The van der Waals surface area contributed by atoms with Gasteiger partial charge in [-0.3, -0.25) is 42.8 Å². The van der Waals surface area contributed by atoms with Crippen molar-refractivity contribution in [2.75, 3.05) is 32.7 Å². The topological polar surface area (TPSA) is 360 Å². The minimum absolute atomic E-state index is 0.00772. The molecule has 7 amide bonds. The molecule has 1 aromatic carbocycles. The Morgan fingerprint density at radius 2 is 1.51 bits per heavy atom. The van der Waals surface area contributed by atoms with Crippen LogP contribution in [0.5, 0.6) is 0 Å². The van der Waals surface area contributed by atoms with E-state index in [1.165, 1.54) is 33.2 Å². The van der Waals surface area contributed by atoms with Gasteiger partial charge in [0.2, 0.25) is 35.4 Å². The fourth-order valence-corrected chi connectivity index (χ4v) is 7.68. The molecule has 392 valence electrons. The first-order valence-electron chi connectivity index (χ1n) is 22.9. The summed E-state index contributed by atoms with van der Waals surface area (Å²) in [6, 6.07) is 0.631. The number of amides is 7. The fourth-order valence-electron chi connectivity index (χ4n) is 7.11. The van der Waals surface area contributed by atoms with Crippen LogP contribution in [0.1, 0.15) is 71.8 Å². The molecule has 1 unspecified atom stereocenters. The average Bonchev–Trinajstić information content (AvgIpc) is 3.31. The van der Waals surface area contributed by atoms with E-state index in [-0.39, 0.29) is 49.5 Å². The smallest absolute Gasteiger partial charge is 0.326 e. The monoisotopic (exact) mass is 1010 g/mol. The summed E-state index contributed by atoms with van der Waals surface area (Å²) in [5.41, 5.74) is 12.3. The van der Waals surface area contributed by atoms with Crippen molar-refractivity contribution < 1.29 is 62.3 Å². The first-order valence-corrected chi connectivity index (χ1v) is 24.6. The third kappa shape index (κ3) is 21.3. The fraction of sp³-hybridized carbons (Fsp3) is 0.532. The number of carboxylic acids is 2. The van der Waals surface area contributed by atoms with E-state index in [0.717, 1.165) is 10.5 Å². The van der Waals surface area contributed by atoms with E-state index in [4.69, 9.17) is 16.2 Å². The lowest BCUT2D eigenvalue weighted by Gasteiger charge is -2.27. The summed E-state index contributed by atoms with van der Waals surface area (Å²) >= 11 is 0. The molecule has 23 nitrogen and oxygen atoms in total. The van der Waals surface area contributed by atoms with Crippen LogP contribution in [-0.2, 0) is 65.1 Å². The number of benzene rings is 1. The van der Waals surface area contributed by atoms with E-state index < -0.39 is 131 Å². The number of ether oxygens (including phenoxy) is 1. The number of aliphatic imine (C=N–C) groups is 1. The van der Waals surface area contributed by atoms with Crippen LogP contribution in [0, 0.1) is 11.8 Å². The maximum Gasteiger partial charge on any atom is 0.326 e. The number of aliphatic carboxylic acids is 2. The van der Waals surface area contributed by atoms with Gasteiger partial charge < -0.3 is 63.2 Å². The Labute approximate surface area is 415 Å².